The molecule has 2 aromatic carbocycles. The molecule has 4 heteroatoms. The molecular formula is C17H16F3N. The molecule has 0 aromatic heterocycles. The largest absolute Gasteiger partial charge is 0.301 e. The van der Waals surface area contributed by atoms with Gasteiger partial charge in [-0.3, -0.25) is 0 Å². The Labute approximate surface area is 122 Å². The number of nitrogens with zero attached hydrogens (tertiary/aromatic N) is 1. The van der Waals surface area contributed by atoms with E-state index >= 15 is 0 Å². The third kappa shape index (κ3) is 2.56. The standard InChI is InChI=1S/C17H16F3N/c1-10-3-4-13-12(5-10)8-21(2)9-14(13)11-6-15(18)17(20)16(19)7-11/h3-7,14H,8-9H2,1-2H3. The van der Waals surface area contributed by atoms with Gasteiger partial charge in [0.1, 0.15) is 0 Å². The van der Waals surface area contributed by atoms with Gasteiger partial charge in [-0.25, -0.2) is 13.2 Å². The molecule has 0 amide bonds. The molecule has 110 valence electrons. The van der Waals surface area contributed by atoms with Crippen LogP contribution < -0.4 is 0 Å². The molecule has 0 N–H and O–H groups in total. The highest BCUT2D eigenvalue weighted by Gasteiger charge is 2.26. The van der Waals surface area contributed by atoms with E-state index in [0.29, 0.717) is 12.1 Å². The lowest BCUT2D eigenvalue weighted by molar-refractivity contribution is 0.294. The van der Waals surface area contributed by atoms with E-state index in [1.54, 1.807) is 0 Å². The molecule has 1 heterocycles. The van der Waals surface area contributed by atoms with Crippen LogP contribution in [0, 0.1) is 24.4 Å². The van der Waals surface area contributed by atoms with Crippen molar-refractivity contribution in [3.05, 3.63) is 70.0 Å². The second kappa shape index (κ2) is 5.19. The van der Waals surface area contributed by atoms with E-state index in [-0.39, 0.29) is 5.92 Å². The fraction of sp³-hybridized carbons (Fsp3) is 0.294. The van der Waals surface area contributed by atoms with Crippen molar-refractivity contribution in [2.75, 3.05) is 13.6 Å². The first kappa shape index (κ1) is 14.1. The third-order valence-corrected chi connectivity index (χ3v) is 4.02. The van der Waals surface area contributed by atoms with Gasteiger partial charge >= 0.3 is 0 Å². The van der Waals surface area contributed by atoms with Crippen molar-refractivity contribution in [1.82, 2.24) is 4.90 Å². The van der Waals surface area contributed by atoms with Gasteiger partial charge in [0.2, 0.25) is 0 Å². The fourth-order valence-electron chi connectivity index (χ4n) is 3.04. The Morgan fingerprint density at radius 1 is 1.05 bits per heavy atom. The van der Waals surface area contributed by atoms with Crippen LogP contribution in [0.3, 0.4) is 0 Å². The molecule has 0 fully saturated rings. The SMILES string of the molecule is Cc1ccc2c(c1)CN(C)CC2c1cc(F)c(F)c(F)c1. The van der Waals surface area contributed by atoms with Gasteiger partial charge in [-0.2, -0.15) is 0 Å². The predicted octanol–water partition coefficient (Wildman–Crippen LogP) is 3.99. The molecule has 0 spiro atoms. The van der Waals surface area contributed by atoms with Crippen LogP contribution in [0.4, 0.5) is 13.2 Å². The summed E-state index contributed by atoms with van der Waals surface area (Å²) in [6.07, 6.45) is 0. The minimum atomic E-state index is -1.41. The zero-order valence-corrected chi connectivity index (χ0v) is 12.0. The van der Waals surface area contributed by atoms with Crippen LogP contribution in [0.1, 0.15) is 28.2 Å². The van der Waals surface area contributed by atoms with Crippen molar-refractivity contribution in [1.29, 1.82) is 0 Å². The van der Waals surface area contributed by atoms with E-state index in [2.05, 4.69) is 11.0 Å². The van der Waals surface area contributed by atoms with Crippen LogP contribution >= 0.6 is 0 Å². The van der Waals surface area contributed by atoms with Gasteiger partial charge in [0.15, 0.2) is 17.5 Å². The lowest BCUT2D eigenvalue weighted by Crippen LogP contribution is -2.31. The van der Waals surface area contributed by atoms with E-state index < -0.39 is 17.5 Å². The maximum atomic E-state index is 13.5. The topological polar surface area (TPSA) is 3.24 Å². The van der Waals surface area contributed by atoms with Gasteiger partial charge in [0.05, 0.1) is 0 Å². The van der Waals surface area contributed by atoms with E-state index in [4.69, 9.17) is 0 Å². The molecule has 1 unspecified atom stereocenters. The van der Waals surface area contributed by atoms with Crippen molar-refractivity contribution in [3.63, 3.8) is 0 Å². The molecule has 2 aromatic rings. The lowest BCUT2D eigenvalue weighted by Gasteiger charge is -2.33. The van der Waals surface area contributed by atoms with Crippen molar-refractivity contribution in [3.8, 4) is 0 Å². The normalized spacial score (nSPS) is 18.6. The summed E-state index contributed by atoms with van der Waals surface area (Å²) in [7, 11) is 1.97. The second-order valence-corrected chi connectivity index (χ2v) is 5.75. The number of rotatable bonds is 1. The summed E-state index contributed by atoms with van der Waals surface area (Å²) in [5.74, 6) is -3.82. The molecule has 1 aliphatic heterocycles. The number of hydrogen-bond donors (Lipinski definition) is 0. The second-order valence-electron chi connectivity index (χ2n) is 5.75. The maximum absolute atomic E-state index is 13.5. The average molecular weight is 291 g/mol. The van der Waals surface area contributed by atoms with E-state index in [0.717, 1.165) is 35.4 Å². The minimum Gasteiger partial charge on any atom is -0.301 e. The van der Waals surface area contributed by atoms with Crippen LogP contribution in [-0.4, -0.2) is 18.5 Å². The number of hydrogen-bond acceptors (Lipinski definition) is 1. The zero-order chi connectivity index (χ0) is 15.1. The summed E-state index contributed by atoms with van der Waals surface area (Å²) < 4.78 is 40.2. The van der Waals surface area contributed by atoms with Crippen LogP contribution in [0.2, 0.25) is 0 Å². The molecule has 1 aliphatic rings. The highest BCUT2D eigenvalue weighted by Crippen LogP contribution is 2.34. The summed E-state index contributed by atoms with van der Waals surface area (Å²) in [5, 5.41) is 0. The summed E-state index contributed by atoms with van der Waals surface area (Å²) in [6.45, 7) is 3.47. The number of fused-ring (bicyclic) bond motifs is 1. The molecule has 3 rings (SSSR count). The Hall–Kier alpha value is -1.81. The van der Waals surface area contributed by atoms with E-state index in [1.165, 1.54) is 0 Å². The number of likely N-dealkylation sites (N-methyl/N-ethyl adjacent to an activating group) is 1. The third-order valence-electron chi connectivity index (χ3n) is 4.02. The first-order valence-electron chi connectivity index (χ1n) is 6.88. The molecule has 1 atom stereocenters. The number of benzene rings is 2. The summed E-state index contributed by atoms with van der Waals surface area (Å²) in [4.78, 5) is 2.10. The van der Waals surface area contributed by atoms with Gasteiger partial charge < -0.3 is 4.90 Å². The zero-order valence-electron chi connectivity index (χ0n) is 12.0. The van der Waals surface area contributed by atoms with Crippen molar-refractivity contribution in [2.45, 2.75) is 19.4 Å². The number of halogens is 3. The van der Waals surface area contributed by atoms with Crippen LogP contribution in [0.5, 0.6) is 0 Å². The molecule has 0 aliphatic carbocycles. The van der Waals surface area contributed by atoms with Crippen molar-refractivity contribution in [2.24, 2.45) is 0 Å². The molecular weight excluding hydrogens is 275 g/mol. The smallest absolute Gasteiger partial charge is 0.194 e. The van der Waals surface area contributed by atoms with Gasteiger partial charge in [0, 0.05) is 19.0 Å². The van der Waals surface area contributed by atoms with E-state index in [9.17, 15) is 13.2 Å². The van der Waals surface area contributed by atoms with Crippen molar-refractivity contribution < 1.29 is 13.2 Å². The van der Waals surface area contributed by atoms with Crippen LogP contribution in [0.25, 0.3) is 0 Å². The quantitative estimate of drug-likeness (QED) is 0.718. The number of aryl methyl sites for hydroxylation is 1. The van der Waals surface area contributed by atoms with Gasteiger partial charge in [-0.15, -0.1) is 0 Å². The van der Waals surface area contributed by atoms with Crippen LogP contribution in [0.15, 0.2) is 30.3 Å². The lowest BCUT2D eigenvalue weighted by atomic mass is 9.84. The summed E-state index contributed by atoms with van der Waals surface area (Å²) in [6, 6.07) is 8.29. The molecule has 0 radical (unpaired) electrons. The Bertz CT molecular complexity index is 673. The average Bonchev–Trinajstić information content (AvgIpc) is 2.42. The minimum absolute atomic E-state index is 0.149. The maximum Gasteiger partial charge on any atom is 0.194 e. The fourth-order valence-corrected chi connectivity index (χ4v) is 3.04. The summed E-state index contributed by atoms with van der Waals surface area (Å²) in [5.41, 5.74) is 3.84. The first-order valence-corrected chi connectivity index (χ1v) is 6.88. The highest BCUT2D eigenvalue weighted by molar-refractivity contribution is 5.42. The highest BCUT2D eigenvalue weighted by atomic mass is 19.2. The monoisotopic (exact) mass is 291 g/mol. The molecule has 21 heavy (non-hydrogen) atoms. The Balaban J connectivity index is 2.11. The Morgan fingerprint density at radius 2 is 1.71 bits per heavy atom. The predicted molar refractivity (Wildman–Crippen MR) is 75.7 cm³/mol. The molecule has 0 saturated heterocycles. The molecule has 1 nitrogen and oxygen atoms in total. The van der Waals surface area contributed by atoms with Crippen LogP contribution in [-0.2, 0) is 6.54 Å². The van der Waals surface area contributed by atoms with Gasteiger partial charge in [0.25, 0.3) is 0 Å². The van der Waals surface area contributed by atoms with Crippen molar-refractivity contribution >= 4 is 0 Å². The molecule has 0 saturated carbocycles. The summed E-state index contributed by atoms with van der Waals surface area (Å²) >= 11 is 0. The molecule has 0 bridgehead atoms. The van der Waals surface area contributed by atoms with Gasteiger partial charge in [-0.05, 0) is 42.8 Å². The van der Waals surface area contributed by atoms with Gasteiger partial charge in [-0.1, -0.05) is 23.8 Å². The first-order chi connectivity index (χ1) is 9.95. The Morgan fingerprint density at radius 3 is 2.38 bits per heavy atom. The Kier molecular flexibility index (Phi) is 3.49. The van der Waals surface area contributed by atoms with E-state index in [1.807, 2.05) is 26.1 Å².